The van der Waals surface area contributed by atoms with Gasteiger partial charge in [0.25, 0.3) is 0 Å². The molecule has 2 amide bonds. The number of nitrogens with one attached hydrogen (secondary N) is 2. The molecule has 0 aliphatic heterocycles. The van der Waals surface area contributed by atoms with E-state index in [1.54, 1.807) is 18.2 Å². The minimum absolute atomic E-state index is 0.0549. The fraction of sp³-hybridized carbons (Fsp3) is 0.286. The summed E-state index contributed by atoms with van der Waals surface area (Å²) in [7, 11) is 0. The molecule has 0 fully saturated rings. The molecule has 4 aromatic rings. The molecule has 0 saturated carbocycles. The van der Waals surface area contributed by atoms with Crippen molar-refractivity contribution in [2.24, 2.45) is 5.84 Å². The summed E-state index contributed by atoms with van der Waals surface area (Å²) in [5.41, 5.74) is 2.67. The fourth-order valence-electron chi connectivity index (χ4n) is 3.96. The summed E-state index contributed by atoms with van der Waals surface area (Å²) in [6.45, 7) is 7.71. The second kappa shape index (κ2) is 11.7. The van der Waals surface area contributed by atoms with Crippen LogP contribution in [0.2, 0.25) is 5.02 Å². The molecule has 4 N–H and O–H groups in total. The SMILES string of the molecule is CC(=O)NCCCOc1ccc(-c2nc3nc(Oc4ccc(C(C)(C)N(N)C(C)=O)cc4)[nH]c3cc2Cl)cc1. The van der Waals surface area contributed by atoms with Crippen molar-refractivity contribution >= 4 is 34.6 Å². The van der Waals surface area contributed by atoms with Crippen LogP contribution in [0, 0.1) is 0 Å². The molecule has 204 valence electrons. The number of H-pyrrole nitrogens is 1. The molecular formula is C28H31ClN6O4. The van der Waals surface area contributed by atoms with Crippen LogP contribution in [0.5, 0.6) is 17.5 Å². The van der Waals surface area contributed by atoms with Crippen molar-refractivity contribution < 1.29 is 19.1 Å². The van der Waals surface area contributed by atoms with Crippen LogP contribution in [0.3, 0.4) is 0 Å². The third-order valence-corrected chi connectivity index (χ3v) is 6.50. The van der Waals surface area contributed by atoms with Crippen molar-refractivity contribution in [2.45, 2.75) is 39.7 Å². The van der Waals surface area contributed by atoms with E-state index in [0.29, 0.717) is 53.0 Å². The summed E-state index contributed by atoms with van der Waals surface area (Å²) in [4.78, 5) is 34.8. The first-order valence-electron chi connectivity index (χ1n) is 12.4. The van der Waals surface area contributed by atoms with Gasteiger partial charge in [0.1, 0.15) is 11.5 Å². The van der Waals surface area contributed by atoms with Gasteiger partial charge in [-0.15, -0.1) is 0 Å². The van der Waals surface area contributed by atoms with Crippen molar-refractivity contribution in [2.75, 3.05) is 13.2 Å². The summed E-state index contributed by atoms with van der Waals surface area (Å²) in [5, 5.41) is 4.40. The first kappa shape index (κ1) is 27.9. The molecule has 2 aromatic heterocycles. The van der Waals surface area contributed by atoms with Gasteiger partial charge in [0.15, 0.2) is 5.65 Å². The van der Waals surface area contributed by atoms with E-state index < -0.39 is 5.54 Å². The average molecular weight is 551 g/mol. The molecular weight excluding hydrogens is 520 g/mol. The zero-order chi connectivity index (χ0) is 28.2. The van der Waals surface area contributed by atoms with E-state index in [1.165, 1.54) is 18.9 Å². The molecule has 2 aromatic carbocycles. The second-order valence-electron chi connectivity index (χ2n) is 9.52. The van der Waals surface area contributed by atoms with Crippen molar-refractivity contribution in [1.29, 1.82) is 0 Å². The number of ether oxygens (including phenoxy) is 2. The first-order chi connectivity index (χ1) is 18.5. The van der Waals surface area contributed by atoms with Crippen LogP contribution in [0.25, 0.3) is 22.4 Å². The van der Waals surface area contributed by atoms with Gasteiger partial charge in [-0.05, 0) is 68.3 Å². The van der Waals surface area contributed by atoms with Gasteiger partial charge in [0.05, 0.1) is 28.4 Å². The number of pyridine rings is 1. The molecule has 0 aliphatic carbocycles. The Bertz CT molecular complexity index is 1470. The molecule has 11 heteroatoms. The summed E-state index contributed by atoms with van der Waals surface area (Å²) in [6, 6.07) is 16.8. The van der Waals surface area contributed by atoms with Gasteiger partial charge in [-0.2, -0.15) is 4.98 Å². The number of aromatic amines is 1. The molecule has 0 unspecified atom stereocenters. The van der Waals surface area contributed by atoms with Crippen LogP contribution in [0.1, 0.15) is 39.7 Å². The summed E-state index contributed by atoms with van der Waals surface area (Å²) >= 11 is 6.54. The molecule has 4 rings (SSSR count). The number of nitrogens with two attached hydrogens (primary N) is 1. The third-order valence-electron chi connectivity index (χ3n) is 6.21. The number of halogens is 1. The van der Waals surface area contributed by atoms with Gasteiger partial charge >= 0.3 is 6.01 Å². The number of benzene rings is 2. The number of imidazole rings is 1. The number of carbonyl (C=O) groups is 2. The molecule has 0 aliphatic rings. The van der Waals surface area contributed by atoms with E-state index in [-0.39, 0.29) is 17.8 Å². The minimum atomic E-state index is -0.682. The molecule has 0 radical (unpaired) electrons. The van der Waals surface area contributed by atoms with Crippen LogP contribution in [0.15, 0.2) is 54.6 Å². The Labute approximate surface area is 231 Å². The lowest BCUT2D eigenvalue weighted by atomic mass is 9.93. The normalized spacial score (nSPS) is 11.3. The second-order valence-corrected chi connectivity index (χ2v) is 9.92. The van der Waals surface area contributed by atoms with Crippen molar-refractivity contribution in [3.05, 3.63) is 65.2 Å². The number of hydrogen-bond donors (Lipinski definition) is 3. The highest BCUT2D eigenvalue weighted by atomic mass is 35.5. The average Bonchev–Trinajstić information content (AvgIpc) is 3.28. The number of hydrazine groups is 1. The first-order valence-corrected chi connectivity index (χ1v) is 12.8. The number of aromatic nitrogens is 3. The predicted octanol–water partition coefficient (Wildman–Crippen LogP) is 4.93. The van der Waals surface area contributed by atoms with E-state index >= 15 is 0 Å². The highest BCUT2D eigenvalue weighted by molar-refractivity contribution is 6.33. The molecule has 0 atom stereocenters. The maximum absolute atomic E-state index is 11.7. The van der Waals surface area contributed by atoms with Gasteiger partial charge in [-0.25, -0.2) is 10.8 Å². The summed E-state index contributed by atoms with van der Waals surface area (Å²) < 4.78 is 11.6. The van der Waals surface area contributed by atoms with Crippen LogP contribution < -0.4 is 20.6 Å². The third kappa shape index (κ3) is 6.65. The van der Waals surface area contributed by atoms with Crippen molar-refractivity contribution in [3.8, 4) is 28.8 Å². The Morgan fingerprint density at radius 2 is 1.72 bits per heavy atom. The van der Waals surface area contributed by atoms with Crippen LogP contribution >= 0.6 is 11.6 Å². The number of nitrogens with zero attached hydrogens (tertiary/aromatic N) is 3. The molecule has 10 nitrogen and oxygen atoms in total. The van der Waals surface area contributed by atoms with Crippen molar-refractivity contribution in [3.63, 3.8) is 0 Å². The summed E-state index contributed by atoms with van der Waals surface area (Å²) in [5.74, 6) is 6.93. The molecule has 2 heterocycles. The molecule has 0 spiro atoms. The van der Waals surface area contributed by atoms with Crippen LogP contribution in [-0.2, 0) is 15.1 Å². The minimum Gasteiger partial charge on any atom is -0.494 e. The Morgan fingerprint density at radius 3 is 2.36 bits per heavy atom. The number of fused-ring (bicyclic) bond motifs is 1. The van der Waals surface area contributed by atoms with E-state index in [0.717, 1.165) is 11.1 Å². The molecule has 39 heavy (non-hydrogen) atoms. The number of amides is 2. The van der Waals surface area contributed by atoms with Gasteiger partial charge < -0.3 is 19.8 Å². The molecule has 0 saturated heterocycles. The molecule has 0 bridgehead atoms. The quantitative estimate of drug-likeness (QED) is 0.110. The van der Waals surface area contributed by atoms with Gasteiger partial charge in [0.2, 0.25) is 11.8 Å². The zero-order valence-electron chi connectivity index (χ0n) is 22.2. The highest BCUT2D eigenvalue weighted by Crippen LogP contribution is 2.32. The lowest BCUT2D eigenvalue weighted by Gasteiger charge is -2.34. The lowest BCUT2D eigenvalue weighted by molar-refractivity contribution is -0.134. The largest absolute Gasteiger partial charge is 0.494 e. The summed E-state index contributed by atoms with van der Waals surface area (Å²) in [6.07, 6.45) is 0.712. The van der Waals surface area contributed by atoms with Gasteiger partial charge in [-0.3, -0.25) is 14.6 Å². The standard InChI is InChI=1S/C28H31ClN6O4/c1-17(36)31-14-5-15-38-21-10-6-19(7-11-21)25-23(29)16-24-26(33-25)34-27(32-24)39-22-12-8-20(9-13-22)28(3,4)35(30)18(2)37/h6-13,16H,5,14-15,30H2,1-4H3,(H,31,36)(H,32,33,34). The van der Waals surface area contributed by atoms with Crippen molar-refractivity contribution in [1.82, 2.24) is 25.3 Å². The van der Waals surface area contributed by atoms with E-state index in [4.69, 9.17) is 26.9 Å². The Hall–Kier alpha value is -4.15. The maximum atomic E-state index is 11.7. The maximum Gasteiger partial charge on any atom is 0.301 e. The smallest absolute Gasteiger partial charge is 0.301 e. The van der Waals surface area contributed by atoms with Gasteiger partial charge in [0, 0.05) is 26.0 Å². The van der Waals surface area contributed by atoms with Gasteiger partial charge in [-0.1, -0.05) is 23.7 Å². The Balaban J connectivity index is 1.44. The zero-order valence-corrected chi connectivity index (χ0v) is 23.0. The van der Waals surface area contributed by atoms with E-state index in [2.05, 4.69) is 20.3 Å². The monoisotopic (exact) mass is 550 g/mol. The number of carbonyl (C=O) groups excluding carboxylic acids is 2. The Kier molecular flexibility index (Phi) is 8.37. The lowest BCUT2D eigenvalue weighted by Crippen LogP contribution is -2.49. The predicted molar refractivity (Wildman–Crippen MR) is 149 cm³/mol. The highest BCUT2D eigenvalue weighted by Gasteiger charge is 2.28. The van der Waals surface area contributed by atoms with E-state index in [1.807, 2.05) is 50.2 Å². The Morgan fingerprint density at radius 1 is 1.05 bits per heavy atom. The number of hydrogen-bond acceptors (Lipinski definition) is 7. The fourth-order valence-corrected chi connectivity index (χ4v) is 4.22. The van der Waals surface area contributed by atoms with E-state index in [9.17, 15) is 9.59 Å². The number of rotatable bonds is 10. The topological polar surface area (TPSA) is 135 Å². The van der Waals surface area contributed by atoms with Crippen LogP contribution in [-0.4, -0.2) is 44.9 Å². The van der Waals surface area contributed by atoms with Crippen LogP contribution in [0.4, 0.5) is 0 Å².